The smallest absolute Gasteiger partial charge is 0.408 e. The molecular formula is C18H23NO8. The molecule has 0 radical (unpaired) electrons. The number of amides is 1. The summed E-state index contributed by atoms with van der Waals surface area (Å²) in [6, 6.07) is 7.53. The number of rotatable bonds is 12. The Kier molecular flexibility index (Phi) is 9.35. The summed E-state index contributed by atoms with van der Waals surface area (Å²) in [6.07, 6.45) is -1.19. The highest BCUT2D eigenvalue weighted by atomic mass is 16.5. The molecule has 1 unspecified atom stereocenters. The van der Waals surface area contributed by atoms with Crippen LogP contribution in [0.3, 0.4) is 0 Å². The summed E-state index contributed by atoms with van der Waals surface area (Å²) in [7, 11) is 0. The van der Waals surface area contributed by atoms with E-state index < -0.39 is 36.0 Å². The fourth-order valence-electron chi connectivity index (χ4n) is 2.50. The molecule has 0 aromatic heterocycles. The average Bonchev–Trinajstić information content (AvgIpc) is 2.61. The van der Waals surface area contributed by atoms with E-state index in [0.717, 1.165) is 5.56 Å². The number of nitrogens with one attached hydrogen (secondary N) is 1. The molecule has 4 N–H and O–H groups in total. The third kappa shape index (κ3) is 9.83. The van der Waals surface area contributed by atoms with Crippen LogP contribution in [0.1, 0.15) is 37.7 Å². The van der Waals surface area contributed by atoms with Gasteiger partial charge < -0.3 is 25.4 Å². The van der Waals surface area contributed by atoms with Crippen molar-refractivity contribution in [3.05, 3.63) is 35.9 Å². The molecule has 0 aliphatic rings. The van der Waals surface area contributed by atoms with E-state index in [4.69, 9.17) is 14.9 Å². The van der Waals surface area contributed by atoms with Crippen LogP contribution in [0.15, 0.2) is 30.3 Å². The number of alkyl carbamates (subject to hydrolysis) is 1. The highest BCUT2D eigenvalue weighted by Crippen LogP contribution is 2.20. The van der Waals surface area contributed by atoms with Gasteiger partial charge in [-0.3, -0.25) is 9.59 Å². The molecule has 1 rings (SSSR count). The van der Waals surface area contributed by atoms with E-state index in [9.17, 15) is 24.3 Å². The fraction of sp³-hybridized carbons (Fsp3) is 0.444. The van der Waals surface area contributed by atoms with Crippen molar-refractivity contribution in [3.8, 4) is 0 Å². The standard InChI is InChI=1S/C18H23NO8/c20-15(21)8-6-12(7-9-16(22)23)10-14(17(24)25)19-18(26)27-11-13-4-2-1-3-5-13/h1-5,12,14H,6-11H2,(H,19,26)(H,20,21)(H,22,23)(H,24,25). The maximum absolute atomic E-state index is 11.9. The molecule has 1 amide bonds. The molecule has 0 saturated carbocycles. The van der Waals surface area contributed by atoms with Crippen molar-refractivity contribution in [2.45, 2.75) is 44.8 Å². The summed E-state index contributed by atoms with van der Waals surface area (Å²) in [5, 5.41) is 29.1. The van der Waals surface area contributed by atoms with Crippen molar-refractivity contribution < 1.29 is 39.2 Å². The molecule has 1 atom stereocenters. The Morgan fingerprint density at radius 1 is 0.926 bits per heavy atom. The Bertz CT molecular complexity index is 628. The lowest BCUT2D eigenvalue weighted by molar-refractivity contribution is -0.139. The van der Waals surface area contributed by atoms with Crippen molar-refractivity contribution in [1.29, 1.82) is 0 Å². The van der Waals surface area contributed by atoms with Crippen molar-refractivity contribution in [2.75, 3.05) is 0 Å². The number of hydrogen-bond donors (Lipinski definition) is 4. The van der Waals surface area contributed by atoms with Gasteiger partial charge in [-0.25, -0.2) is 9.59 Å². The number of hydrogen-bond acceptors (Lipinski definition) is 5. The van der Waals surface area contributed by atoms with Crippen molar-refractivity contribution in [2.24, 2.45) is 5.92 Å². The quantitative estimate of drug-likeness (QED) is 0.430. The highest BCUT2D eigenvalue weighted by Gasteiger charge is 2.25. The van der Waals surface area contributed by atoms with Crippen molar-refractivity contribution in [3.63, 3.8) is 0 Å². The van der Waals surface area contributed by atoms with E-state index in [1.165, 1.54) is 0 Å². The normalized spacial score (nSPS) is 11.6. The molecule has 9 nitrogen and oxygen atoms in total. The predicted molar refractivity (Wildman–Crippen MR) is 93.0 cm³/mol. The Balaban J connectivity index is 2.61. The third-order valence-electron chi connectivity index (χ3n) is 3.90. The highest BCUT2D eigenvalue weighted by molar-refractivity contribution is 5.79. The maximum Gasteiger partial charge on any atom is 0.408 e. The second-order valence-corrected chi connectivity index (χ2v) is 6.06. The molecule has 0 bridgehead atoms. The van der Waals surface area contributed by atoms with Crippen LogP contribution in [-0.4, -0.2) is 45.4 Å². The zero-order valence-electron chi connectivity index (χ0n) is 14.7. The van der Waals surface area contributed by atoms with Gasteiger partial charge in [0.1, 0.15) is 12.6 Å². The summed E-state index contributed by atoms with van der Waals surface area (Å²) in [6.45, 7) is -0.0273. The molecule has 0 saturated heterocycles. The van der Waals surface area contributed by atoms with Gasteiger partial charge in [-0.2, -0.15) is 0 Å². The summed E-state index contributed by atoms with van der Waals surface area (Å²) in [5.74, 6) is -3.90. The lowest BCUT2D eigenvalue weighted by Gasteiger charge is -2.21. The van der Waals surface area contributed by atoms with E-state index in [1.54, 1.807) is 30.3 Å². The van der Waals surface area contributed by atoms with Crippen molar-refractivity contribution in [1.82, 2.24) is 5.32 Å². The Labute approximate surface area is 156 Å². The molecule has 0 aliphatic heterocycles. The molecule has 0 spiro atoms. The third-order valence-corrected chi connectivity index (χ3v) is 3.90. The van der Waals surface area contributed by atoms with Crippen LogP contribution in [0.5, 0.6) is 0 Å². The largest absolute Gasteiger partial charge is 0.481 e. The lowest BCUT2D eigenvalue weighted by atomic mass is 9.90. The number of carboxylic acids is 3. The Hall–Kier alpha value is -3.10. The van der Waals surface area contributed by atoms with E-state index in [2.05, 4.69) is 5.32 Å². The Morgan fingerprint density at radius 2 is 1.48 bits per heavy atom. The number of carboxylic acid groups (broad SMARTS) is 3. The average molecular weight is 381 g/mol. The maximum atomic E-state index is 11.9. The molecule has 0 aliphatic carbocycles. The van der Waals surface area contributed by atoms with Crippen molar-refractivity contribution >= 4 is 24.0 Å². The van der Waals surface area contributed by atoms with Gasteiger partial charge in [-0.05, 0) is 30.7 Å². The summed E-state index contributed by atoms with van der Waals surface area (Å²) in [4.78, 5) is 44.8. The molecule has 27 heavy (non-hydrogen) atoms. The molecular weight excluding hydrogens is 358 g/mol. The molecule has 1 aromatic rings. The van der Waals surface area contributed by atoms with Gasteiger partial charge in [0.15, 0.2) is 0 Å². The monoisotopic (exact) mass is 381 g/mol. The van der Waals surface area contributed by atoms with Crippen LogP contribution in [0.2, 0.25) is 0 Å². The second-order valence-electron chi connectivity index (χ2n) is 6.06. The van der Waals surface area contributed by atoms with Gasteiger partial charge in [0.05, 0.1) is 0 Å². The molecule has 1 aromatic carbocycles. The number of ether oxygens (including phenoxy) is 1. The number of carbonyl (C=O) groups excluding carboxylic acids is 1. The first-order valence-corrected chi connectivity index (χ1v) is 8.41. The summed E-state index contributed by atoms with van der Waals surface area (Å²) in [5.41, 5.74) is 0.736. The topological polar surface area (TPSA) is 150 Å². The number of benzene rings is 1. The van der Waals surface area contributed by atoms with Gasteiger partial charge in [-0.1, -0.05) is 30.3 Å². The fourth-order valence-corrected chi connectivity index (χ4v) is 2.50. The lowest BCUT2D eigenvalue weighted by Crippen LogP contribution is -2.42. The first-order valence-electron chi connectivity index (χ1n) is 8.41. The molecule has 9 heteroatoms. The SMILES string of the molecule is O=C(O)CCC(CCC(=O)O)CC(NC(=O)OCc1ccccc1)C(=O)O. The van der Waals surface area contributed by atoms with Gasteiger partial charge >= 0.3 is 24.0 Å². The molecule has 0 fully saturated rings. The zero-order chi connectivity index (χ0) is 20.2. The van der Waals surface area contributed by atoms with E-state index >= 15 is 0 Å². The predicted octanol–water partition coefficient (Wildman–Crippen LogP) is 2.10. The van der Waals surface area contributed by atoms with Gasteiger partial charge in [0.25, 0.3) is 0 Å². The minimum Gasteiger partial charge on any atom is -0.481 e. The van der Waals surface area contributed by atoms with E-state index in [-0.39, 0.29) is 38.7 Å². The van der Waals surface area contributed by atoms with Crippen LogP contribution in [0.4, 0.5) is 4.79 Å². The van der Waals surface area contributed by atoms with Crippen LogP contribution in [-0.2, 0) is 25.7 Å². The first-order chi connectivity index (χ1) is 12.8. The summed E-state index contributed by atoms with van der Waals surface area (Å²) >= 11 is 0. The second kappa shape index (κ2) is 11.5. The minimum atomic E-state index is -1.30. The minimum absolute atomic E-state index is 0.0273. The summed E-state index contributed by atoms with van der Waals surface area (Å²) < 4.78 is 4.99. The zero-order valence-corrected chi connectivity index (χ0v) is 14.7. The number of aliphatic carboxylic acids is 3. The van der Waals surface area contributed by atoms with Gasteiger partial charge in [-0.15, -0.1) is 0 Å². The van der Waals surface area contributed by atoms with Gasteiger partial charge in [0.2, 0.25) is 0 Å². The van der Waals surface area contributed by atoms with E-state index in [1.807, 2.05) is 0 Å². The number of carbonyl (C=O) groups is 4. The van der Waals surface area contributed by atoms with Crippen LogP contribution >= 0.6 is 0 Å². The molecule has 0 heterocycles. The first kappa shape index (κ1) is 21.9. The Morgan fingerprint density at radius 3 is 1.96 bits per heavy atom. The van der Waals surface area contributed by atoms with Crippen LogP contribution in [0.25, 0.3) is 0 Å². The van der Waals surface area contributed by atoms with Crippen LogP contribution in [0, 0.1) is 5.92 Å². The van der Waals surface area contributed by atoms with Gasteiger partial charge in [0, 0.05) is 12.8 Å². The van der Waals surface area contributed by atoms with E-state index in [0.29, 0.717) is 0 Å². The van der Waals surface area contributed by atoms with Crippen LogP contribution < -0.4 is 5.32 Å². The molecule has 148 valence electrons.